The minimum absolute atomic E-state index is 0.0675. The highest BCUT2D eigenvalue weighted by Gasteiger charge is 2.11. The van der Waals surface area contributed by atoms with Crippen molar-refractivity contribution in [1.29, 1.82) is 0 Å². The Morgan fingerprint density at radius 2 is 2.12 bits per heavy atom. The molecule has 0 unspecified atom stereocenters. The summed E-state index contributed by atoms with van der Waals surface area (Å²) in [6, 6.07) is 6.47. The molecule has 0 bridgehead atoms. The molecule has 0 saturated heterocycles. The molecule has 16 heavy (non-hydrogen) atoms. The van der Waals surface area contributed by atoms with Gasteiger partial charge in [0.1, 0.15) is 6.29 Å². The van der Waals surface area contributed by atoms with Crippen molar-refractivity contribution in [2.45, 2.75) is 19.4 Å². The van der Waals surface area contributed by atoms with Crippen molar-refractivity contribution in [3.8, 4) is 0 Å². The molecule has 0 saturated carbocycles. The molecule has 0 heterocycles. The van der Waals surface area contributed by atoms with Gasteiger partial charge in [-0.05, 0) is 12.5 Å². The minimum Gasteiger partial charge on any atom is -0.376 e. The lowest BCUT2D eigenvalue weighted by atomic mass is 10.2. The van der Waals surface area contributed by atoms with Crippen LogP contribution in [0, 0.1) is 10.1 Å². The third-order valence-electron chi connectivity index (χ3n) is 2.06. The van der Waals surface area contributed by atoms with Gasteiger partial charge in [-0.3, -0.25) is 10.1 Å². The number of nitro groups is 1. The molecule has 0 aliphatic rings. The van der Waals surface area contributed by atoms with E-state index in [0.717, 1.165) is 6.29 Å². The number of hydrogen-bond donors (Lipinski definition) is 0. The number of benzene rings is 1. The summed E-state index contributed by atoms with van der Waals surface area (Å²) in [5.41, 5.74) is 0.622. The van der Waals surface area contributed by atoms with E-state index in [4.69, 9.17) is 4.74 Å². The van der Waals surface area contributed by atoms with Gasteiger partial charge in [-0.25, -0.2) is 0 Å². The van der Waals surface area contributed by atoms with Crippen molar-refractivity contribution < 1.29 is 14.5 Å². The summed E-state index contributed by atoms with van der Waals surface area (Å²) in [6.07, 6.45) is 1.93. The Morgan fingerprint density at radius 3 is 2.81 bits per heavy atom. The van der Waals surface area contributed by atoms with Gasteiger partial charge in [0.25, 0.3) is 5.69 Å². The highest BCUT2D eigenvalue weighted by Crippen LogP contribution is 2.18. The monoisotopic (exact) mass is 223 g/mol. The Hall–Kier alpha value is -1.75. The summed E-state index contributed by atoms with van der Waals surface area (Å²) >= 11 is 0. The summed E-state index contributed by atoms with van der Waals surface area (Å²) in [5.74, 6) is 0. The third kappa shape index (κ3) is 3.78. The predicted molar refractivity (Wildman–Crippen MR) is 58.1 cm³/mol. The zero-order valence-corrected chi connectivity index (χ0v) is 8.80. The van der Waals surface area contributed by atoms with Gasteiger partial charge < -0.3 is 9.53 Å². The first-order chi connectivity index (χ1) is 7.75. The summed E-state index contributed by atoms with van der Waals surface area (Å²) in [5, 5.41) is 10.7. The first-order valence-corrected chi connectivity index (χ1v) is 4.99. The molecule has 0 spiro atoms. The second-order valence-electron chi connectivity index (χ2n) is 3.25. The molecule has 86 valence electrons. The van der Waals surface area contributed by atoms with Gasteiger partial charge >= 0.3 is 0 Å². The molecular formula is C11H13NO4. The van der Waals surface area contributed by atoms with Gasteiger partial charge in [0.15, 0.2) is 0 Å². The number of unbranched alkanes of at least 4 members (excludes halogenated alkanes) is 1. The van der Waals surface area contributed by atoms with Gasteiger partial charge in [-0.15, -0.1) is 0 Å². The van der Waals surface area contributed by atoms with Crippen LogP contribution in [0.2, 0.25) is 0 Å². The summed E-state index contributed by atoms with van der Waals surface area (Å²) < 4.78 is 5.25. The fourth-order valence-electron chi connectivity index (χ4n) is 1.26. The maximum Gasteiger partial charge on any atom is 0.274 e. The average Bonchev–Trinajstić information content (AvgIpc) is 2.29. The maximum absolute atomic E-state index is 10.7. The number of hydrogen-bond acceptors (Lipinski definition) is 4. The minimum atomic E-state index is -0.426. The van der Waals surface area contributed by atoms with Crippen molar-refractivity contribution in [1.82, 2.24) is 0 Å². The van der Waals surface area contributed by atoms with Crippen molar-refractivity contribution in [3.05, 3.63) is 39.9 Å². The predicted octanol–water partition coefficient (Wildman–Crippen LogP) is 2.09. The number of rotatable bonds is 7. The number of ether oxygens (including phenoxy) is 1. The van der Waals surface area contributed by atoms with E-state index in [1.807, 2.05) is 0 Å². The van der Waals surface area contributed by atoms with Gasteiger partial charge in [-0.1, -0.05) is 12.1 Å². The fourth-order valence-corrected chi connectivity index (χ4v) is 1.26. The van der Waals surface area contributed by atoms with Crippen LogP contribution in [-0.4, -0.2) is 17.8 Å². The van der Waals surface area contributed by atoms with E-state index in [0.29, 0.717) is 25.0 Å². The number of aldehydes is 1. The van der Waals surface area contributed by atoms with E-state index in [-0.39, 0.29) is 12.3 Å². The van der Waals surface area contributed by atoms with Crippen molar-refractivity contribution in [2.24, 2.45) is 0 Å². The normalized spacial score (nSPS) is 10.0. The van der Waals surface area contributed by atoms with Crippen LogP contribution in [0.4, 0.5) is 5.69 Å². The number of carbonyl (C=O) groups excluding carboxylic acids is 1. The summed E-state index contributed by atoms with van der Waals surface area (Å²) in [4.78, 5) is 20.3. The highest BCUT2D eigenvalue weighted by atomic mass is 16.6. The van der Waals surface area contributed by atoms with E-state index >= 15 is 0 Å². The Kier molecular flexibility index (Phi) is 5.15. The standard InChI is InChI=1S/C11H13NO4/c13-7-3-4-8-16-9-10-5-1-2-6-11(10)12(14)15/h1-2,5-7H,3-4,8-9H2. The smallest absolute Gasteiger partial charge is 0.274 e. The number of nitro benzene ring substituents is 1. The maximum atomic E-state index is 10.7. The molecule has 5 nitrogen and oxygen atoms in total. The molecular weight excluding hydrogens is 210 g/mol. The van der Waals surface area contributed by atoms with Gasteiger partial charge in [-0.2, -0.15) is 0 Å². The molecule has 0 radical (unpaired) electrons. The average molecular weight is 223 g/mol. The van der Waals surface area contributed by atoms with Crippen LogP contribution in [0.15, 0.2) is 24.3 Å². The summed E-state index contributed by atoms with van der Waals surface area (Å²) in [7, 11) is 0. The molecule has 1 aromatic carbocycles. The van der Waals surface area contributed by atoms with E-state index in [2.05, 4.69) is 0 Å². The van der Waals surface area contributed by atoms with Crippen LogP contribution in [0.25, 0.3) is 0 Å². The molecule has 0 aliphatic carbocycles. The van der Waals surface area contributed by atoms with Crippen LogP contribution in [-0.2, 0) is 16.1 Å². The van der Waals surface area contributed by atoms with Crippen LogP contribution in [0.1, 0.15) is 18.4 Å². The zero-order valence-electron chi connectivity index (χ0n) is 8.80. The van der Waals surface area contributed by atoms with Crippen molar-refractivity contribution in [2.75, 3.05) is 6.61 Å². The van der Waals surface area contributed by atoms with Crippen LogP contribution in [0.3, 0.4) is 0 Å². The molecule has 0 amide bonds. The van der Waals surface area contributed by atoms with E-state index in [1.54, 1.807) is 18.2 Å². The van der Waals surface area contributed by atoms with Crippen LogP contribution >= 0.6 is 0 Å². The largest absolute Gasteiger partial charge is 0.376 e. The Balaban J connectivity index is 2.47. The molecule has 1 aromatic rings. The molecule has 0 aliphatic heterocycles. The number of para-hydroxylation sites is 1. The second kappa shape index (κ2) is 6.68. The SMILES string of the molecule is O=CCCCOCc1ccccc1[N+](=O)[O-]. The van der Waals surface area contributed by atoms with E-state index < -0.39 is 4.92 Å². The van der Waals surface area contributed by atoms with Gasteiger partial charge in [0.2, 0.25) is 0 Å². The molecule has 0 N–H and O–H groups in total. The van der Waals surface area contributed by atoms with Crippen molar-refractivity contribution in [3.63, 3.8) is 0 Å². The van der Waals surface area contributed by atoms with Crippen LogP contribution in [0.5, 0.6) is 0 Å². The fraction of sp³-hybridized carbons (Fsp3) is 0.364. The van der Waals surface area contributed by atoms with E-state index in [9.17, 15) is 14.9 Å². The summed E-state index contributed by atoms with van der Waals surface area (Å²) in [6.45, 7) is 0.640. The molecule has 0 fully saturated rings. The van der Waals surface area contributed by atoms with Gasteiger partial charge in [0.05, 0.1) is 17.1 Å². The first kappa shape index (κ1) is 12.3. The van der Waals surface area contributed by atoms with Crippen molar-refractivity contribution >= 4 is 12.0 Å². The zero-order chi connectivity index (χ0) is 11.8. The first-order valence-electron chi connectivity index (χ1n) is 4.99. The Bertz CT molecular complexity index is 365. The van der Waals surface area contributed by atoms with Gasteiger partial charge in [0, 0.05) is 19.1 Å². The topological polar surface area (TPSA) is 69.4 Å². The Labute approximate surface area is 93.2 Å². The Morgan fingerprint density at radius 1 is 1.38 bits per heavy atom. The van der Waals surface area contributed by atoms with E-state index in [1.165, 1.54) is 6.07 Å². The molecule has 5 heteroatoms. The molecule has 0 atom stereocenters. The molecule has 1 rings (SSSR count). The second-order valence-corrected chi connectivity index (χ2v) is 3.25. The molecule has 0 aromatic heterocycles. The lowest BCUT2D eigenvalue weighted by Gasteiger charge is -2.03. The number of carbonyl (C=O) groups is 1. The van der Waals surface area contributed by atoms with Crippen LogP contribution < -0.4 is 0 Å². The third-order valence-corrected chi connectivity index (χ3v) is 2.06. The number of nitrogens with zero attached hydrogens (tertiary/aromatic N) is 1. The lowest BCUT2D eigenvalue weighted by Crippen LogP contribution is -1.99. The lowest BCUT2D eigenvalue weighted by molar-refractivity contribution is -0.385. The highest BCUT2D eigenvalue weighted by molar-refractivity contribution is 5.48. The quantitative estimate of drug-likeness (QED) is 0.307.